The molecule has 2 N–H and O–H groups in total. The highest BCUT2D eigenvalue weighted by atomic mass is 19.1. The minimum Gasteiger partial charge on any atom is -0.481 e. The van der Waals surface area contributed by atoms with Gasteiger partial charge in [0, 0.05) is 35.8 Å². The van der Waals surface area contributed by atoms with E-state index in [9.17, 15) is 14.0 Å². The number of pyridine rings is 1. The standard InChI is InChI=1S/C31H30FN3O4/c1-2-39-27-5-3-4-26(34-27)20-8-6-19(7-9-20)18-35-13-12-23-25(32)11-10-24(28(23)35)29(36)33-22-16-31(17-22)14-21(15-31)30(37)38/h3-13,21-22H,2,14-18H2,1H3,(H,33,36)(H,37,38). The maximum absolute atomic E-state index is 14.7. The van der Waals surface area contributed by atoms with Gasteiger partial charge in [0.25, 0.3) is 5.91 Å². The van der Waals surface area contributed by atoms with Crippen LogP contribution < -0.4 is 10.1 Å². The zero-order valence-corrected chi connectivity index (χ0v) is 21.7. The number of benzene rings is 2. The number of nitrogens with one attached hydrogen (secondary N) is 1. The molecule has 6 rings (SSSR count). The zero-order chi connectivity index (χ0) is 27.1. The predicted molar refractivity (Wildman–Crippen MR) is 145 cm³/mol. The predicted octanol–water partition coefficient (Wildman–Crippen LogP) is 5.66. The Bertz CT molecular complexity index is 1550. The summed E-state index contributed by atoms with van der Waals surface area (Å²) in [6, 6.07) is 18.3. The molecule has 2 aliphatic rings. The van der Waals surface area contributed by atoms with E-state index < -0.39 is 5.97 Å². The molecule has 2 aliphatic carbocycles. The second-order valence-electron chi connectivity index (χ2n) is 10.8. The van der Waals surface area contributed by atoms with Gasteiger partial charge in [-0.1, -0.05) is 30.3 Å². The average molecular weight is 528 g/mol. The minimum absolute atomic E-state index is 0.0122. The first kappa shape index (κ1) is 25.1. The number of carboxylic acids is 1. The number of aliphatic carboxylic acids is 1. The summed E-state index contributed by atoms with van der Waals surface area (Å²) >= 11 is 0. The van der Waals surface area contributed by atoms with Crippen molar-refractivity contribution in [1.82, 2.24) is 14.9 Å². The Morgan fingerprint density at radius 3 is 2.56 bits per heavy atom. The third kappa shape index (κ3) is 4.75. The maximum Gasteiger partial charge on any atom is 0.306 e. The van der Waals surface area contributed by atoms with Crippen LogP contribution in [0.2, 0.25) is 0 Å². The lowest BCUT2D eigenvalue weighted by atomic mass is 9.50. The Balaban J connectivity index is 1.18. The number of halogens is 1. The van der Waals surface area contributed by atoms with Gasteiger partial charge in [0.05, 0.1) is 29.3 Å². The van der Waals surface area contributed by atoms with Gasteiger partial charge in [0.15, 0.2) is 0 Å². The van der Waals surface area contributed by atoms with E-state index in [1.807, 2.05) is 60.2 Å². The number of hydrogen-bond donors (Lipinski definition) is 2. The normalized spacial score (nSPS) is 21.8. The van der Waals surface area contributed by atoms with Crippen molar-refractivity contribution in [2.75, 3.05) is 6.61 Å². The van der Waals surface area contributed by atoms with Gasteiger partial charge in [-0.3, -0.25) is 9.59 Å². The van der Waals surface area contributed by atoms with Crippen molar-refractivity contribution in [2.24, 2.45) is 11.3 Å². The summed E-state index contributed by atoms with van der Waals surface area (Å²) < 4.78 is 22.1. The van der Waals surface area contributed by atoms with E-state index in [1.165, 1.54) is 6.07 Å². The van der Waals surface area contributed by atoms with Crippen LogP contribution in [0.15, 0.2) is 66.9 Å². The van der Waals surface area contributed by atoms with Gasteiger partial charge in [0.2, 0.25) is 5.88 Å². The lowest BCUT2D eigenvalue weighted by Gasteiger charge is -2.56. The average Bonchev–Trinajstić information content (AvgIpc) is 3.30. The number of fused-ring (bicyclic) bond motifs is 1. The van der Waals surface area contributed by atoms with Gasteiger partial charge in [-0.2, -0.15) is 0 Å². The van der Waals surface area contributed by atoms with Gasteiger partial charge < -0.3 is 19.7 Å². The molecular formula is C31H30FN3O4. The van der Waals surface area contributed by atoms with E-state index in [1.54, 1.807) is 12.1 Å². The van der Waals surface area contributed by atoms with Crippen LogP contribution in [-0.4, -0.2) is 39.2 Å². The molecule has 2 aromatic heterocycles. The van der Waals surface area contributed by atoms with Crippen molar-refractivity contribution < 1.29 is 23.8 Å². The van der Waals surface area contributed by atoms with E-state index in [2.05, 4.69) is 10.3 Å². The van der Waals surface area contributed by atoms with E-state index in [4.69, 9.17) is 9.84 Å². The molecule has 7 nitrogen and oxygen atoms in total. The molecule has 39 heavy (non-hydrogen) atoms. The Morgan fingerprint density at radius 2 is 1.85 bits per heavy atom. The molecule has 200 valence electrons. The van der Waals surface area contributed by atoms with Crippen molar-refractivity contribution in [3.8, 4) is 17.1 Å². The Hall–Kier alpha value is -4.20. The fourth-order valence-corrected chi connectivity index (χ4v) is 6.23. The number of carboxylic acid groups (broad SMARTS) is 1. The number of carbonyl (C=O) groups is 2. The summed E-state index contributed by atoms with van der Waals surface area (Å²) in [4.78, 5) is 29.0. The number of nitrogens with zero attached hydrogens (tertiary/aromatic N) is 2. The molecule has 2 heterocycles. The van der Waals surface area contributed by atoms with Crippen molar-refractivity contribution in [3.63, 3.8) is 0 Å². The van der Waals surface area contributed by atoms with Crippen molar-refractivity contribution >= 4 is 22.8 Å². The molecule has 0 saturated heterocycles. The minimum atomic E-state index is -0.732. The summed E-state index contributed by atoms with van der Waals surface area (Å²) in [7, 11) is 0. The first-order chi connectivity index (χ1) is 18.8. The molecule has 1 amide bonds. The molecule has 0 bridgehead atoms. The quantitative estimate of drug-likeness (QED) is 0.308. The largest absolute Gasteiger partial charge is 0.481 e. The molecule has 0 radical (unpaired) electrons. The molecule has 0 aliphatic heterocycles. The van der Waals surface area contributed by atoms with Crippen LogP contribution >= 0.6 is 0 Å². The fraction of sp³-hybridized carbons (Fsp3) is 0.323. The zero-order valence-electron chi connectivity index (χ0n) is 21.7. The first-order valence-corrected chi connectivity index (χ1v) is 13.3. The van der Waals surface area contributed by atoms with Crippen LogP contribution in [0.25, 0.3) is 22.2 Å². The van der Waals surface area contributed by atoms with Crippen LogP contribution in [-0.2, 0) is 11.3 Å². The van der Waals surface area contributed by atoms with Crippen LogP contribution in [0.3, 0.4) is 0 Å². The third-order valence-corrected chi connectivity index (χ3v) is 8.14. The number of aromatic nitrogens is 2. The van der Waals surface area contributed by atoms with Crippen LogP contribution in [0.4, 0.5) is 4.39 Å². The van der Waals surface area contributed by atoms with Gasteiger partial charge >= 0.3 is 5.97 Å². The van der Waals surface area contributed by atoms with Gasteiger partial charge in [0.1, 0.15) is 5.82 Å². The van der Waals surface area contributed by atoms with E-state index in [0.29, 0.717) is 48.3 Å². The number of hydrogen-bond acceptors (Lipinski definition) is 4. The summed E-state index contributed by atoms with van der Waals surface area (Å²) in [6.07, 6.45) is 4.77. The molecule has 2 saturated carbocycles. The highest BCUT2D eigenvalue weighted by Crippen LogP contribution is 2.58. The molecule has 8 heteroatoms. The van der Waals surface area contributed by atoms with Crippen molar-refractivity contribution in [2.45, 2.75) is 45.2 Å². The van der Waals surface area contributed by atoms with Gasteiger partial charge in [-0.05, 0) is 67.9 Å². The van der Waals surface area contributed by atoms with Crippen molar-refractivity contribution in [1.29, 1.82) is 0 Å². The smallest absolute Gasteiger partial charge is 0.306 e. The molecule has 2 aromatic carbocycles. The lowest BCUT2D eigenvalue weighted by Crippen LogP contribution is -2.57. The molecule has 4 aromatic rings. The summed E-state index contributed by atoms with van der Waals surface area (Å²) in [5.74, 6) is -1.01. The van der Waals surface area contributed by atoms with Crippen LogP contribution in [0, 0.1) is 17.2 Å². The van der Waals surface area contributed by atoms with E-state index in [-0.39, 0.29) is 29.1 Å². The lowest BCUT2D eigenvalue weighted by molar-refractivity contribution is -0.155. The summed E-state index contributed by atoms with van der Waals surface area (Å²) in [5.41, 5.74) is 3.84. The molecule has 2 fully saturated rings. The number of carbonyl (C=O) groups excluding carboxylic acids is 1. The van der Waals surface area contributed by atoms with E-state index >= 15 is 0 Å². The molecule has 0 unspecified atom stereocenters. The topological polar surface area (TPSA) is 93.5 Å². The molecule has 1 spiro atoms. The highest BCUT2D eigenvalue weighted by Gasteiger charge is 2.55. The Kier molecular flexibility index (Phi) is 6.33. The van der Waals surface area contributed by atoms with Gasteiger partial charge in [-0.25, -0.2) is 9.37 Å². The molecular weight excluding hydrogens is 497 g/mol. The second kappa shape index (κ2) is 9.84. The fourth-order valence-electron chi connectivity index (χ4n) is 6.23. The van der Waals surface area contributed by atoms with Crippen molar-refractivity contribution in [3.05, 3.63) is 83.8 Å². The number of ether oxygens (including phenoxy) is 1. The Labute approximate surface area is 225 Å². The van der Waals surface area contributed by atoms with Crippen LogP contribution in [0.1, 0.15) is 48.5 Å². The third-order valence-electron chi connectivity index (χ3n) is 8.14. The van der Waals surface area contributed by atoms with E-state index in [0.717, 1.165) is 29.7 Å². The summed E-state index contributed by atoms with van der Waals surface area (Å²) in [6.45, 7) is 2.95. The highest BCUT2D eigenvalue weighted by molar-refractivity contribution is 6.06. The summed E-state index contributed by atoms with van der Waals surface area (Å²) in [5, 5.41) is 12.7. The number of rotatable bonds is 8. The van der Waals surface area contributed by atoms with Gasteiger partial charge in [-0.15, -0.1) is 0 Å². The van der Waals surface area contributed by atoms with Crippen LogP contribution in [0.5, 0.6) is 5.88 Å². The molecule has 0 atom stereocenters. The first-order valence-electron chi connectivity index (χ1n) is 13.3. The SMILES string of the molecule is CCOc1cccc(-c2ccc(Cn3ccc4c(F)ccc(C(=O)NC5CC6(C5)CC(C(=O)O)C6)c43)cc2)n1. The Morgan fingerprint density at radius 1 is 1.08 bits per heavy atom. The second-order valence-corrected chi connectivity index (χ2v) is 10.8. The maximum atomic E-state index is 14.7. The number of amides is 1. The monoisotopic (exact) mass is 527 g/mol.